The van der Waals surface area contributed by atoms with Crippen molar-refractivity contribution in [1.29, 1.82) is 5.26 Å². The Balaban J connectivity index is 1.88. The van der Waals surface area contributed by atoms with Crippen LogP contribution in [0.2, 0.25) is 0 Å². The molecular weight excluding hydrogens is 655 g/mol. The normalized spacial score (nSPS) is 13.0. The Bertz CT molecular complexity index is 1750. The number of ether oxygens (including phenoxy) is 3. The molecular formula is C38H47N4O7P. The highest BCUT2D eigenvalue weighted by atomic mass is 31.2. The summed E-state index contributed by atoms with van der Waals surface area (Å²) in [6.07, 6.45) is 0.972. The van der Waals surface area contributed by atoms with Crippen molar-refractivity contribution in [3.8, 4) is 17.6 Å². The van der Waals surface area contributed by atoms with Gasteiger partial charge in [0, 0.05) is 23.8 Å². The van der Waals surface area contributed by atoms with Gasteiger partial charge in [0.2, 0.25) is 0 Å². The van der Waals surface area contributed by atoms with Crippen molar-refractivity contribution in [2.75, 3.05) is 27.4 Å². The number of benzene rings is 3. The van der Waals surface area contributed by atoms with Crippen LogP contribution in [0.25, 0.3) is 0 Å². The Hall–Kier alpha value is -4.30. The summed E-state index contributed by atoms with van der Waals surface area (Å²) in [6.45, 7) is 10.1. The van der Waals surface area contributed by atoms with Gasteiger partial charge in [0.25, 0.3) is 14.1 Å². The van der Waals surface area contributed by atoms with E-state index >= 15 is 0 Å². The summed E-state index contributed by atoms with van der Waals surface area (Å²) in [5, 5.41) is 9.28. The zero-order valence-electron chi connectivity index (χ0n) is 29.8. The summed E-state index contributed by atoms with van der Waals surface area (Å²) in [5.41, 5.74) is 0.770. The second-order valence-electron chi connectivity index (χ2n) is 12.3. The number of methoxy groups -OCH3 is 2. The van der Waals surface area contributed by atoms with Gasteiger partial charge in [0.05, 0.1) is 46.5 Å². The number of rotatable bonds is 18. The van der Waals surface area contributed by atoms with Crippen LogP contribution < -0.4 is 20.7 Å². The minimum absolute atomic E-state index is 0.00202. The van der Waals surface area contributed by atoms with Crippen molar-refractivity contribution < 1.29 is 23.3 Å². The first kappa shape index (κ1) is 38.5. The molecule has 0 aliphatic heterocycles. The van der Waals surface area contributed by atoms with Crippen molar-refractivity contribution in [2.45, 2.75) is 71.4 Å². The predicted molar refractivity (Wildman–Crippen MR) is 194 cm³/mol. The van der Waals surface area contributed by atoms with Gasteiger partial charge in [-0.05, 0) is 75.6 Å². The zero-order chi connectivity index (χ0) is 36.3. The largest absolute Gasteiger partial charge is 0.497 e. The van der Waals surface area contributed by atoms with E-state index in [1.807, 2.05) is 78.9 Å². The first-order valence-corrected chi connectivity index (χ1v) is 17.7. The number of aryl methyl sites for hydroxylation is 1. The third-order valence-electron chi connectivity index (χ3n) is 8.15. The molecule has 0 fully saturated rings. The quantitative estimate of drug-likeness (QED) is 0.0699. The molecule has 2 atom stereocenters. The number of nitrogens with zero attached hydrogens (tertiary/aromatic N) is 3. The standard InChI is InChI=1S/C38H47N4O7P/c1-27(2)42(28(3)4)50(48-23-11-22-39)49-35(25-41-24-29(5)36(43)40-37(41)44)26-47-38(30-12-9-8-10-13-30,31-14-18-33(45-6)19-15-31)32-16-20-34(46-7)21-17-32/h8-10,12-21,24,27-28,35H,11,23,25-26H2,1-7H3,(H,40,43,44). The smallest absolute Gasteiger partial charge is 0.328 e. The predicted octanol–water partition coefficient (Wildman–Crippen LogP) is 6.53. The highest BCUT2D eigenvalue weighted by Gasteiger charge is 2.40. The van der Waals surface area contributed by atoms with Crippen molar-refractivity contribution >= 4 is 8.53 Å². The molecule has 3 aromatic carbocycles. The summed E-state index contributed by atoms with van der Waals surface area (Å²) >= 11 is 0. The van der Waals surface area contributed by atoms with E-state index < -0.39 is 31.5 Å². The van der Waals surface area contributed by atoms with Gasteiger partial charge in [-0.25, -0.2) is 9.46 Å². The van der Waals surface area contributed by atoms with Crippen LogP contribution in [0.3, 0.4) is 0 Å². The average Bonchev–Trinajstić information content (AvgIpc) is 3.11. The van der Waals surface area contributed by atoms with Crippen LogP contribution in [-0.2, 0) is 25.9 Å². The molecule has 12 heteroatoms. The Kier molecular flexibility index (Phi) is 13.9. The summed E-state index contributed by atoms with van der Waals surface area (Å²) in [4.78, 5) is 27.7. The molecule has 2 unspecified atom stereocenters. The lowest BCUT2D eigenvalue weighted by atomic mass is 9.80. The summed E-state index contributed by atoms with van der Waals surface area (Å²) < 4.78 is 34.8. The Labute approximate surface area is 295 Å². The van der Waals surface area contributed by atoms with Crippen molar-refractivity contribution in [2.24, 2.45) is 0 Å². The average molecular weight is 703 g/mol. The number of hydrogen-bond donors (Lipinski definition) is 1. The van der Waals surface area contributed by atoms with E-state index in [1.54, 1.807) is 21.1 Å². The Morgan fingerprint density at radius 1 is 0.860 bits per heavy atom. The van der Waals surface area contributed by atoms with Gasteiger partial charge in [0.1, 0.15) is 23.2 Å². The van der Waals surface area contributed by atoms with E-state index in [9.17, 15) is 14.9 Å². The van der Waals surface area contributed by atoms with Crippen LogP contribution in [0.4, 0.5) is 0 Å². The van der Waals surface area contributed by atoms with Crippen molar-refractivity contribution in [1.82, 2.24) is 14.2 Å². The minimum atomic E-state index is -1.72. The lowest BCUT2D eigenvalue weighted by Gasteiger charge is -2.39. The number of H-pyrrole nitrogens is 1. The van der Waals surface area contributed by atoms with Crippen LogP contribution in [0.5, 0.6) is 11.5 Å². The van der Waals surface area contributed by atoms with Gasteiger partial charge in [-0.2, -0.15) is 5.26 Å². The van der Waals surface area contributed by atoms with Gasteiger partial charge in [0.15, 0.2) is 0 Å². The molecule has 1 heterocycles. The molecule has 1 N–H and O–H groups in total. The molecule has 4 aromatic rings. The monoisotopic (exact) mass is 702 g/mol. The van der Waals surface area contributed by atoms with Crippen molar-refractivity contribution in [3.63, 3.8) is 0 Å². The van der Waals surface area contributed by atoms with Gasteiger partial charge >= 0.3 is 5.69 Å². The van der Waals surface area contributed by atoms with Gasteiger partial charge in [-0.1, -0.05) is 54.6 Å². The topological polar surface area (TPSA) is 128 Å². The summed E-state index contributed by atoms with van der Waals surface area (Å²) in [7, 11) is 1.53. The van der Waals surface area contributed by atoms with E-state index in [1.165, 1.54) is 10.8 Å². The number of hydrogen-bond acceptors (Lipinski definition) is 9. The lowest BCUT2D eigenvalue weighted by Crippen LogP contribution is -2.41. The molecule has 0 amide bonds. The number of aromatic amines is 1. The van der Waals surface area contributed by atoms with Crippen LogP contribution in [0.15, 0.2) is 94.6 Å². The second-order valence-corrected chi connectivity index (χ2v) is 13.7. The third-order valence-corrected chi connectivity index (χ3v) is 10.3. The van der Waals surface area contributed by atoms with Crippen LogP contribution >= 0.6 is 8.53 Å². The van der Waals surface area contributed by atoms with Crippen molar-refractivity contribution in [3.05, 3.63) is 128 Å². The van der Waals surface area contributed by atoms with E-state index in [4.69, 9.17) is 23.3 Å². The molecule has 0 radical (unpaired) electrons. The third kappa shape index (κ3) is 9.27. The molecule has 0 bridgehead atoms. The molecule has 0 saturated carbocycles. The maximum absolute atomic E-state index is 13.1. The van der Waals surface area contributed by atoms with Crippen LogP contribution in [0, 0.1) is 18.3 Å². The van der Waals surface area contributed by atoms with Crippen LogP contribution in [-0.4, -0.2) is 59.8 Å². The van der Waals surface area contributed by atoms with E-state index in [-0.39, 0.29) is 38.3 Å². The fourth-order valence-electron chi connectivity index (χ4n) is 5.80. The molecule has 11 nitrogen and oxygen atoms in total. The number of nitriles is 1. The molecule has 0 aliphatic carbocycles. The highest BCUT2D eigenvalue weighted by Crippen LogP contribution is 2.48. The van der Waals surface area contributed by atoms with Gasteiger partial charge in [-0.3, -0.25) is 14.3 Å². The van der Waals surface area contributed by atoms with E-state index in [2.05, 4.69) is 43.4 Å². The summed E-state index contributed by atoms with van der Waals surface area (Å²) in [6, 6.07) is 27.6. The maximum Gasteiger partial charge on any atom is 0.328 e. The van der Waals surface area contributed by atoms with E-state index in [0.29, 0.717) is 17.1 Å². The Morgan fingerprint density at radius 2 is 1.40 bits per heavy atom. The second kappa shape index (κ2) is 18.1. The Morgan fingerprint density at radius 3 is 1.90 bits per heavy atom. The molecule has 0 saturated heterocycles. The van der Waals surface area contributed by atoms with Crippen LogP contribution in [0.1, 0.15) is 56.4 Å². The molecule has 0 aliphatic rings. The van der Waals surface area contributed by atoms with Gasteiger partial charge < -0.3 is 23.3 Å². The van der Waals surface area contributed by atoms with E-state index in [0.717, 1.165) is 16.7 Å². The fraction of sp³-hybridized carbons (Fsp3) is 0.395. The molecule has 0 spiro atoms. The summed E-state index contributed by atoms with van der Waals surface area (Å²) in [5.74, 6) is 1.39. The minimum Gasteiger partial charge on any atom is -0.497 e. The van der Waals surface area contributed by atoms with Gasteiger partial charge in [-0.15, -0.1) is 0 Å². The fourth-order valence-corrected chi connectivity index (χ4v) is 7.49. The molecule has 1 aromatic heterocycles. The number of aromatic nitrogens is 2. The number of nitrogens with one attached hydrogen (secondary N) is 1. The highest BCUT2D eigenvalue weighted by molar-refractivity contribution is 7.44. The zero-order valence-corrected chi connectivity index (χ0v) is 30.7. The molecule has 4 rings (SSSR count). The maximum atomic E-state index is 13.1. The molecule has 266 valence electrons. The lowest BCUT2D eigenvalue weighted by molar-refractivity contribution is -0.0387. The first-order chi connectivity index (χ1) is 24.0. The molecule has 50 heavy (non-hydrogen) atoms. The SMILES string of the molecule is COc1ccc(C(OCC(Cn2cc(C)c(=O)[nH]c2=O)OP(OCCC#N)N(C(C)C)C(C)C)(c2ccccc2)c2ccc(OC)cc2)cc1. The first-order valence-electron chi connectivity index (χ1n) is 16.6.